The molecule has 11 heteroatoms. The molecule has 3 aromatic rings. The van der Waals surface area contributed by atoms with Crippen LogP contribution in [-0.2, 0) is 6.42 Å². The zero-order valence-corrected chi connectivity index (χ0v) is 22.2. The van der Waals surface area contributed by atoms with Crippen LogP contribution in [0.1, 0.15) is 71.1 Å². The molecule has 5 rings (SSSR count). The first-order valence-electron chi connectivity index (χ1n) is 11.8. The molecular formula is C24H31Cl2FN6OS. The fourth-order valence-corrected chi connectivity index (χ4v) is 5.54. The topological polar surface area (TPSA) is 75.9 Å². The van der Waals surface area contributed by atoms with E-state index < -0.39 is 5.82 Å². The highest BCUT2D eigenvalue weighted by Crippen LogP contribution is 2.40. The number of nitrogens with one attached hydrogen (secondary N) is 1. The van der Waals surface area contributed by atoms with Crippen molar-refractivity contribution in [1.82, 2.24) is 24.6 Å². The second-order valence-electron chi connectivity index (χ2n) is 8.97. The molecular weight excluding hydrogens is 510 g/mol. The average Bonchev–Trinajstić information content (AvgIpc) is 3.35. The van der Waals surface area contributed by atoms with Crippen LogP contribution in [-0.4, -0.2) is 50.2 Å². The van der Waals surface area contributed by atoms with Gasteiger partial charge in [0, 0.05) is 23.5 Å². The summed E-state index contributed by atoms with van der Waals surface area (Å²) in [4.78, 5) is 25.8. The van der Waals surface area contributed by atoms with Crippen molar-refractivity contribution in [1.29, 1.82) is 0 Å². The first-order valence-corrected chi connectivity index (χ1v) is 12.6. The smallest absolute Gasteiger partial charge is 0.260 e. The van der Waals surface area contributed by atoms with E-state index in [9.17, 15) is 9.18 Å². The SMILES string of the molecule is Cc1nn(-c2ccc(F)cn2)cc1C(=O)Nc1nc(C2CCC2)c(CCN2CCCCC2)s1.Cl.Cl. The number of anilines is 1. The number of hydrogen-bond acceptors (Lipinski definition) is 6. The first-order chi connectivity index (χ1) is 16.1. The van der Waals surface area contributed by atoms with Gasteiger partial charge in [-0.1, -0.05) is 12.8 Å². The molecule has 2 fully saturated rings. The highest BCUT2D eigenvalue weighted by molar-refractivity contribution is 7.15. The van der Waals surface area contributed by atoms with Crippen LogP contribution in [0.25, 0.3) is 5.82 Å². The quantitative estimate of drug-likeness (QED) is 0.424. The van der Waals surface area contributed by atoms with Crippen molar-refractivity contribution < 1.29 is 9.18 Å². The summed E-state index contributed by atoms with van der Waals surface area (Å²) < 4.78 is 14.7. The van der Waals surface area contributed by atoms with Crippen molar-refractivity contribution in [2.45, 2.75) is 57.8 Å². The number of halogens is 3. The highest BCUT2D eigenvalue weighted by Gasteiger charge is 2.27. The summed E-state index contributed by atoms with van der Waals surface area (Å²) in [5.74, 6) is 0.331. The number of rotatable bonds is 7. The van der Waals surface area contributed by atoms with Crippen molar-refractivity contribution >= 4 is 47.2 Å². The molecule has 3 aromatic heterocycles. The van der Waals surface area contributed by atoms with Crippen LogP contribution in [0.5, 0.6) is 0 Å². The first kappa shape index (κ1) is 27.5. The van der Waals surface area contributed by atoms with E-state index in [1.807, 2.05) is 0 Å². The van der Waals surface area contributed by atoms with Gasteiger partial charge in [-0.25, -0.2) is 19.0 Å². The molecule has 7 nitrogen and oxygen atoms in total. The Morgan fingerprint density at radius 3 is 2.60 bits per heavy atom. The van der Waals surface area contributed by atoms with Gasteiger partial charge in [-0.05, 0) is 64.3 Å². The summed E-state index contributed by atoms with van der Waals surface area (Å²) in [7, 11) is 0. The second-order valence-corrected chi connectivity index (χ2v) is 10.1. The number of pyridine rings is 1. The third-order valence-electron chi connectivity index (χ3n) is 6.63. The minimum absolute atomic E-state index is 0. The van der Waals surface area contributed by atoms with Gasteiger partial charge >= 0.3 is 0 Å². The van der Waals surface area contributed by atoms with Crippen molar-refractivity contribution in [2.24, 2.45) is 0 Å². The molecule has 190 valence electrons. The second kappa shape index (κ2) is 12.3. The molecule has 4 heterocycles. The summed E-state index contributed by atoms with van der Waals surface area (Å²) in [6.07, 6.45) is 11.3. The van der Waals surface area contributed by atoms with Gasteiger partial charge in [-0.15, -0.1) is 36.2 Å². The normalized spacial score (nSPS) is 16.2. The fraction of sp³-hybridized carbons (Fsp3) is 0.500. The number of hydrogen-bond donors (Lipinski definition) is 1. The minimum Gasteiger partial charge on any atom is -0.303 e. The maximum atomic E-state index is 13.2. The Morgan fingerprint density at radius 1 is 1.17 bits per heavy atom. The largest absolute Gasteiger partial charge is 0.303 e. The fourth-order valence-electron chi connectivity index (χ4n) is 4.51. The number of thiazole rings is 1. The number of aromatic nitrogens is 4. The van der Waals surface area contributed by atoms with Crippen molar-refractivity contribution in [2.75, 3.05) is 25.0 Å². The van der Waals surface area contributed by atoms with Crippen LogP contribution in [0.3, 0.4) is 0 Å². The molecule has 1 N–H and O–H groups in total. The Labute approximate surface area is 221 Å². The molecule has 0 atom stereocenters. The molecule has 2 aliphatic rings. The molecule has 0 radical (unpaired) electrons. The number of aryl methyl sites for hydroxylation is 1. The summed E-state index contributed by atoms with van der Waals surface area (Å²) in [6, 6.07) is 2.85. The third kappa shape index (κ3) is 6.39. The van der Waals surface area contributed by atoms with E-state index in [0.717, 1.165) is 19.2 Å². The lowest BCUT2D eigenvalue weighted by molar-refractivity contribution is 0.102. The summed E-state index contributed by atoms with van der Waals surface area (Å²) in [6.45, 7) is 5.22. The van der Waals surface area contributed by atoms with Gasteiger partial charge in [0.25, 0.3) is 5.91 Å². The number of nitrogens with zero attached hydrogens (tertiary/aromatic N) is 5. The molecule has 0 spiro atoms. The maximum Gasteiger partial charge on any atom is 0.260 e. The predicted molar refractivity (Wildman–Crippen MR) is 141 cm³/mol. The molecule has 0 unspecified atom stereocenters. The molecule has 1 amide bonds. The van der Waals surface area contributed by atoms with Gasteiger partial charge in [-0.2, -0.15) is 5.10 Å². The number of carbonyl (C=O) groups excluding carboxylic acids is 1. The minimum atomic E-state index is -0.414. The Balaban J connectivity index is 0.00000171. The average molecular weight is 542 g/mol. The van der Waals surface area contributed by atoms with Crippen LogP contribution in [0.15, 0.2) is 24.5 Å². The Bertz CT molecular complexity index is 1130. The monoisotopic (exact) mass is 540 g/mol. The molecule has 1 aliphatic carbocycles. The molecule has 0 aromatic carbocycles. The number of amides is 1. The van der Waals surface area contributed by atoms with Crippen molar-refractivity contribution in [3.8, 4) is 5.82 Å². The van der Waals surface area contributed by atoms with Gasteiger partial charge in [-0.3, -0.25) is 10.1 Å². The van der Waals surface area contributed by atoms with E-state index in [4.69, 9.17) is 4.98 Å². The molecule has 1 saturated heterocycles. The number of likely N-dealkylation sites (tertiary alicyclic amines) is 1. The summed E-state index contributed by atoms with van der Waals surface area (Å²) in [5.41, 5.74) is 2.22. The number of carbonyl (C=O) groups is 1. The molecule has 0 bridgehead atoms. The van der Waals surface area contributed by atoms with Crippen molar-refractivity contribution in [3.63, 3.8) is 0 Å². The van der Waals surface area contributed by atoms with E-state index in [0.29, 0.717) is 28.1 Å². The van der Waals surface area contributed by atoms with Gasteiger partial charge in [0.15, 0.2) is 10.9 Å². The summed E-state index contributed by atoms with van der Waals surface area (Å²) >= 11 is 1.61. The standard InChI is InChI=1S/C24H29FN6OS.2ClH/c1-16-19(15-31(29-16)21-9-8-18(25)14-26-21)23(32)28-24-27-22(17-6-5-7-17)20(33-24)10-13-30-11-3-2-4-12-30;;/h8-9,14-15,17H,2-7,10-13H2,1H3,(H,27,28,32);2*1H. The Morgan fingerprint density at radius 2 is 1.94 bits per heavy atom. The summed E-state index contributed by atoms with van der Waals surface area (Å²) in [5, 5.41) is 8.03. The van der Waals surface area contributed by atoms with Crippen molar-refractivity contribution in [3.05, 3.63) is 52.2 Å². The van der Waals surface area contributed by atoms with Crippen LogP contribution < -0.4 is 5.32 Å². The lowest BCUT2D eigenvalue weighted by Crippen LogP contribution is -2.31. The molecule has 1 aliphatic heterocycles. The predicted octanol–water partition coefficient (Wildman–Crippen LogP) is 5.56. The van der Waals surface area contributed by atoms with Crippen LogP contribution >= 0.6 is 36.2 Å². The lowest BCUT2D eigenvalue weighted by Gasteiger charge is -2.27. The lowest BCUT2D eigenvalue weighted by atomic mass is 9.82. The molecule has 1 saturated carbocycles. The third-order valence-corrected chi connectivity index (χ3v) is 7.68. The van der Waals surface area contributed by atoms with E-state index in [-0.39, 0.29) is 30.7 Å². The van der Waals surface area contributed by atoms with Crippen LogP contribution in [0.4, 0.5) is 9.52 Å². The highest BCUT2D eigenvalue weighted by atomic mass is 35.5. The van der Waals surface area contributed by atoms with Crippen LogP contribution in [0, 0.1) is 12.7 Å². The van der Waals surface area contributed by atoms with E-state index in [1.54, 1.807) is 24.5 Å². The van der Waals surface area contributed by atoms with Crippen LogP contribution in [0.2, 0.25) is 0 Å². The maximum absolute atomic E-state index is 13.2. The zero-order chi connectivity index (χ0) is 22.8. The zero-order valence-electron chi connectivity index (χ0n) is 19.7. The van der Waals surface area contributed by atoms with E-state index in [1.165, 1.54) is 79.0 Å². The Kier molecular flexibility index (Phi) is 9.63. The van der Waals surface area contributed by atoms with E-state index in [2.05, 4.69) is 20.3 Å². The van der Waals surface area contributed by atoms with Gasteiger partial charge < -0.3 is 4.90 Å². The van der Waals surface area contributed by atoms with E-state index >= 15 is 0 Å². The number of piperidine rings is 1. The Hall–Kier alpha value is -2.07. The molecule has 35 heavy (non-hydrogen) atoms. The van der Waals surface area contributed by atoms with Gasteiger partial charge in [0.2, 0.25) is 0 Å². The van der Waals surface area contributed by atoms with Gasteiger partial charge in [0.1, 0.15) is 5.82 Å². The van der Waals surface area contributed by atoms with Gasteiger partial charge in [0.05, 0.1) is 23.1 Å².